The number of imide groups is 1. The first kappa shape index (κ1) is 17.0. The Morgan fingerprint density at radius 3 is 2.65 bits per heavy atom. The minimum atomic E-state index is -0.477. The zero-order valence-electron chi connectivity index (χ0n) is 13.5. The lowest BCUT2D eigenvalue weighted by atomic mass is 10.1. The average molecular weight is 317 g/mol. The number of nitrogens with one attached hydrogen (secondary N) is 1. The molecule has 0 atom stereocenters. The Balaban J connectivity index is 1.83. The van der Waals surface area contributed by atoms with Crippen molar-refractivity contribution in [2.24, 2.45) is 0 Å². The van der Waals surface area contributed by atoms with Gasteiger partial charge in [0, 0.05) is 26.1 Å². The number of carbonyl (C=O) groups is 3. The predicted octanol–water partition coefficient (Wildman–Crippen LogP) is 1.41. The highest BCUT2D eigenvalue weighted by atomic mass is 16.2. The van der Waals surface area contributed by atoms with E-state index in [-0.39, 0.29) is 24.8 Å². The third-order valence-corrected chi connectivity index (χ3v) is 3.93. The maximum Gasteiger partial charge on any atom is 0.324 e. The Morgan fingerprint density at radius 2 is 2.00 bits per heavy atom. The van der Waals surface area contributed by atoms with E-state index in [2.05, 4.69) is 17.4 Å². The topological polar surface area (TPSA) is 69.7 Å². The number of urea groups is 1. The van der Waals surface area contributed by atoms with E-state index in [1.165, 1.54) is 5.56 Å². The quantitative estimate of drug-likeness (QED) is 0.826. The number of hydrogen-bond acceptors (Lipinski definition) is 3. The first-order chi connectivity index (χ1) is 11.1. The zero-order chi connectivity index (χ0) is 16.7. The van der Waals surface area contributed by atoms with Crippen LogP contribution in [0.3, 0.4) is 0 Å². The van der Waals surface area contributed by atoms with Gasteiger partial charge in [-0.1, -0.05) is 30.3 Å². The molecule has 0 saturated carbocycles. The molecule has 1 aliphatic rings. The summed E-state index contributed by atoms with van der Waals surface area (Å²) >= 11 is 0. The fourth-order valence-corrected chi connectivity index (χ4v) is 2.59. The van der Waals surface area contributed by atoms with Crippen LogP contribution in [0.15, 0.2) is 30.3 Å². The van der Waals surface area contributed by atoms with Crippen molar-refractivity contribution in [2.45, 2.75) is 26.2 Å². The molecule has 1 aliphatic heterocycles. The number of benzene rings is 1. The minimum absolute atomic E-state index is 0.177. The molecule has 6 nitrogen and oxygen atoms in total. The lowest BCUT2D eigenvalue weighted by Gasteiger charge is -2.28. The molecule has 4 amide bonds. The minimum Gasteiger partial charge on any atom is -0.341 e. The molecule has 1 N–H and O–H groups in total. The molecule has 1 aromatic rings. The van der Waals surface area contributed by atoms with Gasteiger partial charge in [-0.2, -0.15) is 0 Å². The smallest absolute Gasteiger partial charge is 0.324 e. The monoisotopic (exact) mass is 317 g/mol. The molecule has 124 valence electrons. The zero-order valence-corrected chi connectivity index (χ0v) is 13.5. The van der Waals surface area contributed by atoms with Gasteiger partial charge >= 0.3 is 6.03 Å². The second kappa shape index (κ2) is 8.31. The van der Waals surface area contributed by atoms with Crippen LogP contribution in [-0.4, -0.2) is 53.8 Å². The van der Waals surface area contributed by atoms with E-state index in [9.17, 15) is 14.4 Å². The standard InChI is InChI=1S/C17H23N3O3/c1-2-19(12-6-9-14-7-4-3-5-8-14)16(22)13-20-15(21)10-11-18-17(20)23/h3-5,7-8H,2,6,9-13H2,1H3,(H,18,23). The summed E-state index contributed by atoms with van der Waals surface area (Å²) in [5.74, 6) is -0.478. The maximum absolute atomic E-state index is 12.3. The molecule has 0 radical (unpaired) electrons. The molecule has 2 rings (SSSR count). The molecule has 0 aliphatic carbocycles. The van der Waals surface area contributed by atoms with Gasteiger partial charge in [0.05, 0.1) is 0 Å². The molecule has 0 aromatic heterocycles. The highest BCUT2D eigenvalue weighted by Gasteiger charge is 2.28. The summed E-state index contributed by atoms with van der Waals surface area (Å²) < 4.78 is 0. The SMILES string of the molecule is CCN(CCCc1ccccc1)C(=O)CN1C(=O)CCNC1=O. The van der Waals surface area contributed by atoms with E-state index in [1.807, 2.05) is 25.1 Å². The number of hydrogen-bond donors (Lipinski definition) is 1. The largest absolute Gasteiger partial charge is 0.341 e. The molecule has 1 saturated heterocycles. The molecule has 1 heterocycles. The van der Waals surface area contributed by atoms with Crippen LogP contribution in [0, 0.1) is 0 Å². The second-order valence-corrected chi connectivity index (χ2v) is 5.52. The van der Waals surface area contributed by atoms with Gasteiger partial charge in [0.1, 0.15) is 6.54 Å². The van der Waals surface area contributed by atoms with E-state index in [0.717, 1.165) is 17.7 Å². The van der Waals surface area contributed by atoms with Gasteiger partial charge < -0.3 is 10.2 Å². The normalized spacial score (nSPS) is 14.6. The summed E-state index contributed by atoms with van der Waals surface area (Å²) in [7, 11) is 0. The molecule has 6 heteroatoms. The summed E-state index contributed by atoms with van der Waals surface area (Å²) in [5.41, 5.74) is 1.24. The van der Waals surface area contributed by atoms with E-state index in [0.29, 0.717) is 19.6 Å². The number of carbonyl (C=O) groups excluding carboxylic acids is 3. The summed E-state index contributed by atoms with van der Waals surface area (Å²) in [6.07, 6.45) is 2.00. The van der Waals surface area contributed by atoms with E-state index < -0.39 is 6.03 Å². The number of amides is 4. The van der Waals surface area contributed by atoms with Crippen molar-refractivity contribution < 1.29 is 14.4 Å². The fraction of sp³-hybridized carbons (Fsp3) is 0.471. The summed E-state index contributed by atoms with van der Waals surface area (Å²) in [5, 5.41) is 2.58. The fourth-order valence-electron chi connectivity index (χ4n) is 2.59. The van der Waals surface area contributed by atoms with Crippen LogP contribution in [0.2, 0.25) is 0 Å². The van der Waals surface area contributed by atoms with Crippen LogP contribution in [0.5, 0.6) is 0 Å². The molecular formula is C17H23N3O3. The van der Waals surface area contributed by atoms with Gasteiger partial charge in [-0.25, -0.2) is 4.79 Å². The molecule has 0 spiro atoms. The lowest BCUT2D eigenvalue weighted by Crippen LogP contribution is -2.53. The van der Waals surface area contributed by atoms with Crippen molar-refractivity contribution in [1.82, 2.24) is 15.1 Å². The molecule has 0 bridgehead atoms. The van der Waals surface area contributed by atoms with E-state index in [1.54, 1.807) is 4.90 Å². The predicted molar refractivity (Wildman–Crippen MR) is 86.7 cm³/mol. The summed E-state index contributed by atoms with van der Waals surface area (Å²) in [4.78, 5) is 38.4. The van der Waals surface area contributed by atoms with Crippen molar-refractivity contribution >= 4 is 17.8 Å². The maximum atomic E-state index is 12.3. The molecular weight excluding hydrogens is 294 g/mol. The van der Waals surface area contributed by atoms with Gasteiger partial charge in [0.15, 0.2) is 0 Å². The van der Waals surface area contributed by atoms with Crippen molar-refractivity contribution in [3.8, 4) is 0 Å². The van der Waals surface area contributed by atoms with Crippen molar-refractivity contribution in [3.63, 3.8) is 0 Å². The third kappa shape index (κ3) is 4.81. The van der Waals surface area contributed by atoms with Gasteiger partial charge in [-0.3, -0.25) is 14.5 Å². The van der Waals surface area contributed by atoms with Gasteiger partial charge in [0.2, 0.25) is 11.8 Å². The number of aryl methyl sites for hydroxylation is 1. The Hall–Kier alpha value is -2.37. The van der Waals surface area contributed by atoms with E-state index in [4.69, 9.17) is 0 Å². The Labute approximate surface area is 136 Å². The molecule has 1 fully saturated rings. The average Bonchev–Trinajstić information content (AvgIpc) is 2.56. The van der Waals surface area contributed by atoms with Crippen LogP contribution < -0.4 is 5.32 Å². The third-order valence-electron chi connectivity index (χ3n) is 3.93. The number of likely N-dealkylation sites (N-methyl/N-ethyl adjacent to an activating group) is 1. The van der Waals surface area contributed by atoms with Crippen molar-refractivity contribution in [1.29, 1.82) is 0 Å². The van der Waals surface area contributed by atoms with E-state index >= 15 is 0 Å². The summed E-state index contributed by atoms with van der Waals surface area (Å²) in [6.45, 7) is 3.25. The second-order valence-electron chi connectivity index (χ2n) is 5.52. The van der Waals surface area contributed by atoms with Gasteiger partial charge in [-0.05, 0) is 25.3 Å². The van der Waals surface area contributed by atoms with Crippen LogP contribution in [0.25, 0.3) is 0 Å². The summed E-state index contributed by atoms with van der Waals surface area (Å²) in [6, 6.07) is 9.63. The molecule has 0 unspecified atom stereocenters. The Morgan fingerprint density at radius 1 is 1.26 bits per heavy atom. The van der Waals surface area contributed by atoms with Crippen molar-refractivity contribution in [3.05, 3.63) is 35.9 Å². The Kier molecular flexibility index (Phi) is 6.14. The van der Waals surface area contributed by atoms with Crippen molar-refractivity contribution in [2.75, 3.05) is 26.2 Å². The first-order valence-electron chi connectivity index (χ1n) is 8.01. The Bertz CT molecular complexity index is 543. The van der Waals surface area contributed by atoms with Crippen LogP contribution >= 0.6 is 0 Å². The van der Waals surface area contributed by atoms with Crippen LogP contribution in [0.1, 0.15) is 25.3 Å². The highest BCUT2D eigenvalue weighted by Crippen LogP contribution is 2.06. The number of nitrogens with zero attached hydrogens (tertiary/aromatic N) is 2. The highest BCUT2D eigenvalue weighted by molar-refractivity contribution is 6.00. The van der Waals surface area contributed by atoms with Gasteiger partial charge in [0.25, 0.3) is 0 Å². The van der Waals surface area contributed by atoms with Crippen LogP contribution in [0.4, 0.5) is 4.79 Å². The van der Waals surface area contributed by atoms with Gasteiger partial charge in [-0.15, -0.1) is 0 Å². The lowest BCUT2D eigenvalue weighted by molar-refractivity contribution is -0.138. The van der Waals surface area contributed by atoms with Crippen LogP contribution in [-0.2, 0) is 16.0 Å². The molecule has 1 aromatic carbocycles. The first-order valence-corrected chi connectivity index (χ1v) is 8.01. The molecule has 23 heavy (non-hydrogen) atoms. The number of rotatable bonds is 7.